The minimum Gasteiger partial charge on any atom is -0.486 e. The maximum atomic E-state index is 12.3. The van der Waals surface area contributed by atoms with Crippen molar-refractivity contribution in [3.05, 3.63) is 53.6 Å². The van der Waals surface area contributed by atoms with Gasteiger partial charge in [0.05, 0.1) is 0 Å². The molecule has 6 nitrogen and oxygen atoms in total. The van der Waals surface area contributed by atoms with Crippen LogP contribution in [0.3, 0.4) is 0 Å². The molecule has 1 N–H and O–H groups in total. The van der Waals surface area contributed by atoms with Gasteiger partial charge in [-0.05, 0) is 35.9 Å². The summed E-state index contributed by atoms with van der Waals surface area (Å²) in [5, 5.41) is 11.9. The van der Waals surface area contributed by atoms with E-state index in [1.54, 1.807) is 18.2 Å². The Labute approximate surface area is 153 Å². The Morgan fingerprint density at radius 1 is 1.15 bits per heavy atom. The third-order valence-corrected chi connectivity index (χ3v) is 3.58. The summed E-state index contributed by atoms with van der Waals surface area (Å²) in [5.74, 6) is 0.473. The zero-order valence-electron chi connectivity index (χ0n) is 13.9. The molecule has 1 aliphatic rings. The summed E-state index contributed by atoms with van der Waals surface area (Å²) in [6.07, 6.45) is 1.35. The van der Waals surface area contributed by atoms with Gasteiger partial charge >= 0.3 is 6.61 Å². The van der Waals surface area contributed by atoms with Gasteiger partial charge in [0.15, 0.2) is 11.5 Å². The van der Waals surface area contributed by atoms with Crippen LogP contribution in [0.4, 0.5) is 14.5 Å². The summed E-state index contributed by atoms with van der Waals surface area (Å²) in [6, 6.07) is 12.3. The number of ether oxygens (including phenoxy) is 3. The van der Waals surface area contributed by atoms with E-state index in [0.717, 1.165) is 0 Å². The molecule has 0 atom stereocenters. The summed E-state index contributed by atoms with van der Waals surface area (Å²) in [6.45, 7) is -2.04. The number of hydrogen-bond acceptors (Lipinski definition) is 5. The number of nitriles is 1. The van der Waals surface area contributed by atoms with Crippen LogP contribution in [0.15, 0.2) is 48.0 Å². The highest BCUT2D eigenvalue weighted by Gasteiger charge is 2.14. The Kier molecular flexibility index (Phi) is 5.52. The summed E-state index contributed by atoms with van der Waals surface area (Å²) in [7, 11) is 0. The fourth-order valence-corrected chi connectivity index (χ4v) is 2.38. The van der Waals surface area contributed by atoms with E-state index in [-0.39, 0.29) is 11.3 Å². The van der Waals surface area contributed by atoms with Crippen molar-refractivity contribution in [3.63, 3.8) is 0 Å². The molecule has 0 spiro atoms. The first-order valence-corrected chi connectivity index (χ1v) is 7.93. The Bertz CT molecular complexity index is 905. The number of nitrogens with one attached hydrogen (secondary N) is 1. The molecule has 0 fully saturated rings. The van der Waals surface area contributed by atoms with E-state index in [4.69, 9.17) is 9.47 Å². The molecule has 2 aromatic carbocycles. The predicted octanol–water partition coefficient (Wildman–Crippen LogP) is 3.60. The number of hydrogen-bond donors (Lipinski definition) is 1. The molecule has 1 amide bonds. The van der Waals surface area contributed by atoms with Crippen molar-refractivity contribution in [2.24, 2.45) is 0 Å². The first-order chi connectivity index (χ1) is 13.0. The first-order valence-electron chi connectivity index (χ1n) is 7.93. The summed E-state index contributed by atoms with van der Waals surface area (Å²) < 4.78 is 39.4. The molecule has 0 saturated heterocycles. The molecule has 8 heteroatoms. The van der Waals surface area contributed by atoms with Gasteiger partial charge in [0.25, 0.3) is 5.91 Å². The standard InChI is InChI=1S/C19H14F2N2O4/c20-19(21)27-15-4-1-12(2-5-15)9-13(11-22)18(24)23-14-3-6-16-17(10-14)26-8-7-25-16/h1-6,9-10,19H,7-8H2,(H,23,24)/b13-9+. The molecule has 1 aliphatic heterocycles. The van der Waals surface area contributed by atoms with Gasteiger partial charge < -0.3 is 19.5 Å². The molecule has 3 rings (SSSR count). The maximum Gasteiger partial charge on any atom is 0.387 e. The maximum absolute atomic E-state index is 12.3. The Balaban J connectivity index is 1.72. The SMILES string of the molecule is N#C/C(=C\c1ccc(OC(F)F)cc1)C(=O)Nc1ccc2c(c1)OCCO2. The highest BCUT2D eigenvalue weighted by Crippen LogP contribution is 2.32. The number of carbonyl (C=O) groups excluding carboxylic acids is 1. The quantitative estimate of drug-likeness (QED) is 0.641. The van der Waals surface area contributed by atoms with Gasteiger partial charge in [-0.15, -0.1) is 0 Å². The van der Waals surface area contributed by atoms with E-state index in [0.29, 0.717) is 36.0 Å². The second kappa shape index (κ2) is 8.19. The smallest absolute Gasteiger partial charge is 0.387 e. The van der Waals surface area contributed by atoms with Crippen molar-refractivity contribution in [2.45, 2.75) is 6.61 Å². The molecule has 27 heavy (non-hydrogen) atoms. The second-order valence-corrected chi connectivity index (χ2v) is 5.43. The van der Waals surface area contributed by atoms with E-state index in [2.05, 4.69) is 10.1 Å². The van der Waals surface area contributed by atoms with E-state index in [1.165, 1.54) is 30.3 Å². The number of carbonyl (C=O) groups is 1. The molecule has 2 aromatic rings. The lowest BCUT2D eigenvalue weighted by Gasteiger charge is -2.18. The topological polar surface area (TPSA) is 80.6 Å². The van der Waals surface area contributed by atoms with Gasteiger partial charge in [-0.1, -0.05) is 12.1 Å². The average molecular weight is 372 g/mol. The predicted molar refractivity (Wildman–Crippen MR) is 92.7 cm³/mol. The minimum atomic E-state index is -2.92. The molecule has 0 radical (unpaired) electrons. The fourth-order valence-electron chi connectivity index (χ4n) is 2.38. The summed E-state index contributed by atoms with van der Waals surface area (Å²) >= 11 is 0. The monoisotopic (exact) mass is 372 g/mol. The van der Waals surface area contributed by atoms with Gasteiger partial charge in [-0.3, -0.25) is 4.79 Å². The van der Waals surface area contributed by atoms with E-state index in [1.807, 2.05) is 6.07 Å². The molecule has 1 heterocycles. The number of nitrogens with zero attached hydrogens (tertiary/aromatic N) is 1. The van der Waals surface area contributed by atoms with Crippen molar-refractivity contribution in [1.82, 2.24) is 0 Å². The number of anilines is 1. The van der Waals surface area contributed by atoms with Gasteiger partial charge in [-0.2, -0.15) is 14.0 Å². The van der Waals surface area contributed by atoms with Crippen molar-refractivity contribution >= 4 is 17.7 Å². The molecule has 0 saturated carbocycles. The van der Waals surface area contributed by atoms with Gasteiger partial charge in [-0.25, -0.2) is 0 Å². The summed E-state index contributed by atoms with van der Waals surface area (Å²) in [5.41, 5.74) is 0.795. The Morgan fingerprint density at radius 2 is 1.85 bits per heavy atom. The zero-order chi connectivity index (χ0) is 19.2. The molecule has 0 aromatic heterocycles. The number of amides is 1. The van der Waals surface area contributed by atoms with Crippen LogP contribution in [0.1, 0.15) is 5.56 Å². The number of fused-ring (bicyclic) bond motifs is 1. The van der Waals surface area contributed by atoms with Crippen molar-refractivity contribution in [2.75, 3.05) is 18.5 Å². The van der Waals surface area contributed by atoms with Gasteiger partial charge in [0, 0.05) is 11.8 Å². The Hall–Kier alpha value is -3.60. The molecular formula is C19H14F2N2O4. The number of benzene rings is 2. The van der Waals surface area contributed by atoms with Crippen LogP contribution in [-0.4, -0.2) is 25.7 Å². The molecule has 138 valence electrons. The van der Waals surface area contributed by atoms with E-state index >= 15 is 0 Å². The van der Waals surface area contributed by atoms with Crippen LogP contribution in [0, 0.1) is 11.3 Å². The van der Waals surface area contributed by atoms with Gasteiger partial charge in [0.2, 0.25) is 0 Å². The zero-order valence-corrected chi connectivity index (χ0v) is 13.9. The number of halogens is 2. The molecule has 0 bridgehead atoms. The van der Waals surface area contributed by atoms with E-state index < -0.39 is 12.5 Å². The third kappa shape index (κ3) is 4.73. The van der Waals surface area contributed by atoms with Crippen LogP contribution < -0.4 is 19.5 Å². The van der Waals surface area contributed by atoms with Crippen molar-refractivity contribution in [3.8, 4) is 23.3 Å². The fraction of sp³-hybridized carbons (Fsp3) is 0.158. The normalized spacial score (nSPS) is 13.0. The van der Waals surface area contributed by atoms with Crippen LogP contribution in [0.2, 0.25) is 0 Å². The van der Waals surface area contributed by atoms with Crippen molar-refractivity contribution in [1.29, 1.82) is 5.26 Å². The number of rotatable bonds is 5. The van der Waals surface area contributed by atoms with Gasteiger partial charge in [0.1, 0.15) is 30.6 Å². The highest BCUT2D eigenvalue weighted by molar-refractivity contribution is 6.09. The van der Waals surface area contributed by atoms with Crippen molar-refractivity contribution < 1.29 is 27.8 Å². The largest absolute Gasteiger partial charge is 0.486 e. The lowest BCUT2D eigenvalue weighted by Crippen LogP contribution is -2.17. The molecular weight excluding hydrogens is 358 g/mol. The van der Waals surface area contributed by atoms with E-state index in [9.17, 15) is 18.8 Å². The molecule has 0 aliphatic carbocycles. The summed E-state index contributed by atoms with van der Waals surface area (Å²) in [4.78, 5) is 12.3. The second-order valence-electron chi connectivity index (χ2n) is 5.43. The van der Waals surface area contributed by atoms with Crippen LogP contribution >= 0.6 is 0 Å². The Morgan fingerprint density at radius 3 is 2.52 bits per heavy atom. The highest BCUT2D eigenvalue weighted by atomic mass is 19.3. The van der Waals surface area contributed by atoms with Crippen LogP contribution in [0.5, 0.6) is 17.2 Å². The van der Waals surface area contributed by atoms with Crippen LogP contribution in [0.25, 0.3) is 6.08 Å². The minimum absolute atomic E-state index is 0.0126. The number of alkyl halides is 2. The lowest BCUT2D eigenvalue weighted by atomic mass is 10.1. The average Bonchev–Trinajstić information content (AvgIpc) is 2.66. The van der Waals surface area contributed by atoms with Crippen LogP contribution in [-0.2, 0) is 4.79 Å². The lowest BCUT2D eigenvalue weighted by molar-refractivity contribution is -0.112. The molecule has 0 unspecified atom stereocenters. The first kappa shape index (κ1) is 18.2. The third-order valence-electron chi connectivity index (χ3n) is 3.58.